The summed E-state index contributed by atoms with van der Waals surface area (Å²) >= 11 is 0. The maximum atomic E-state index is 14.9. The van der Waals surface area contributed by atoms with Gasteiger partial charge in [-0.3, -0.25) is 4.68 Å². The normalized spacial score (nSPS) is 18.7. The van der Waals surface area contributed by atoms with Crippen LogP contribution in [0.15, 0.2) is 54.6 Å². The van der Waals surface area contributed by atoms with Crippen LogP contribution in [0.2, 0.25) is 0 Å². The average Bonchev–Trinajstić information content (AvgIpc) is 3.72. The van der Waals surface area contributed by atoms with E-state index in [1.165, 1.54) is 30.3 Å². The fourth-order valence-electron chi connectivity index (χ4n) is 4.63. The lowest BCUT2D eigenvalue weighted by Gasteiger charge is -2.19. The van der Waals surface area contributed by atoms with E-state index in [9.17, 15) is 22.7 Å². The number of rotatable bonds is 7. The van der Waals surface area contributed by atoms with Gasteiger partial charge in [0.2, 0.25) is 0 Å². The zero-order valence-corrected chi connectivity index (χ0v) is 18.9. The minimum absolute atomic E-state index is 0.0979. The molecule has 2 aliphatic carbocycles. The van der Waals surface area contributed by atoms with E-state index >= 15 is 0 Å². The summed E-state index contributed by atoms with van der Waals surface area (Å²) in [5.41, 5.74) is 1.97. The third-order valence-corrected chi connectivity index (χ3v) is 7.30. The van der Waals surface area contributed by atoms with Gasteiger partial charge in [0, 0.05) is 11.1 Å². The zero-order valence-electron chi connectivity index (χ0n) is 18.9. The van der Waals surface area contributed by atoms with Crippen molar-refractivity contribution in [1.82, 2.24) is 9.78 Å². The molecule has 0 radical (unpaired) electrons. The number of halogens is 4. The van der Waals surface area contributed by atoms with E-state index in [1.807, 2.05) is 25.1 Å². The molecule has 0 atom stereocenters. The van der Waals surface area contributed by atoms with Gasteiger partial charge in [-0.2, -0.15) is 18.3 Å². The largest absolute Gasteiger partial charge is 0.398 e. The van der Waals surface area contributed by atoms with Gasteiger partial charge in [0.05, 0.1) is 18.6 Å². The quantitative estimate of drug-likeness (QED) is 0.410. The molecule has 7 heteroatoms. The SMILES string of the molecule is Cc1cc(/C(F)=C/c2ccc(C3(C(F)(F)F)CC3)cc2)nn1Cc1cccc(C2(CO)CC2)c1. The topological polar surface area (TPSA) is 38.0 Å². The summed E-state index contributed by atoms with van der Waals surface area (Å²) in [6.07, 6.45) is -0.821. The van der Waals surface area contributed by atoms with Crippen LogP contribution in [0.1, 0.15) is 59.3 Å². The highest BCUT2D eigenvalue weighted by atomic mass is 19.4. The second-order valence-electron chi connectivity index (χ2n) is 9.66. The molecule has 1 heterocycles. The van der Waals surface area contributed by atoms with E-state index < -0.39 is 17.4 Å². The Balaban J connectivity index is 1.32. The molecule has 0 unspecified atom stereocenters. The van der Waals surface area contributed by atoms with Crippen molar-refractivity contribution in [3.63, 3.8) is 0 Å². The minimum atomic E-state index is -4.27. The second-order valence-corrected chi connectivity index (χ2v) is 9.66. The molecule has 0 amide bonds. The number of hydrogen-bond donors (Lipinski definition) is 1. The van der Waals surface area contributed by atoms with Gasteiger partial charge in [-0.25, -0.2) is 4.39 Å². The monoisotopic (exact) mass is 470 g/mol. The number of hydrogen-bond acceptors (Lipinski definition) is 2. The smallest absolute Gasteiger partial charge is 0.395 e. The van der Waals surface area contributed by atoms with Gasteiger partial charge in [0.15, 0.2) is 5.83 Å². The number of aliphatic hydroxyl groups is 1. The molecule has 1 N–H and O–H groups in total. The third kappa shape index (κ3) is 4.06. The average molecular weight is 471 g/mol. The predicted octanol–water partition coefficient (Wildman–Crippen LogP) is 6.33. The molecule has 34 heavy (non-hydrogen) atoms. The summed E-state index contributed by atoms with van der Waals surface area (Å²) < 4.78 is 56.6. The van der Waals surface area contributed by atoms with Crippen molar-refractivity contribution in [3.05, 3.63) is 88.2 Å². The van der Waals surface area contributed by atoms with E-state index in [-0.39, 0.29) is 36.1 Å². The van der Waals surface area contributed by atoms with Gasteiger partial charge in [-0.1, -0.05) is 48.5 Å². The molecule has 2 aliphatic rings. The van der Waals surface area contributed by atoms with Crippen molar-refractivity contribution >= 4 is 11.9 Å². The van der Waals surface area contributed by atoms with Crippen LogP contribution < -0.4 is 0 Å². The lowest BCUT2D eigenvalue weighted by Crippen LogP contribution is -2.28. The molecule has 2 saturated carbocycles. The van der Waals surface area contributed by atoms with E-state index in [0.29, 0.717) is 12.1 Å². The summed E-state index contributed by atoms with van der Waals surface area (Å²) in [5, 5.41) is 14.1. The third-order valence-electron chi connectivity index (χ3n) is 7.30. The molecule has 5 rings (SSSR count). The molecule has 3 nitrogen and oxygen atoms in total. The second kappa shape index (κ2) is 8.08. The first-order valence-electron chi connectivity index (χ1n) is 11.5. The Bertz CT molecular complexity index is 1230. The Morgan fingerprint density at radius 1 is 1.03 bits per heavy atom. The van der Waals surface area contributed by atoms with Crippen LogP contribution in [-0.4, -0.2) is 27.7 Å². The highest BCUT2D eigenvalue weighted by Gasteiger charge is 2.64. The molecular weight excluding hydrogens is 444 g/mol. The lowest BCUT2D eigenvalue weighted by molar-refractivity contribution is -0.160. The highest BCUT2D eigenvalue weighted by Crippen LogP contribution is 2.58. The van der Waals surface area contributed by atoms with Gasteiger partial charge < -0.3 is 5.11 Å². The number of alkyl halides is 3. The van der Waals surface area contributed by atoms with Crippen molar-refractivity contribution in [2.45, 2.75) is 56.2 Å². The van der Waals surface area contributed by atoms with Crippen LogP contribution in [0.4, 0.5) is 17.6 Å². The van der Waals surface area contributed by atoms with Crippen molar-refractivity contribution in [1.29, 1.82) is 0 Å². The fraction of sp³-hybridized carbons (Fsp3) is 0.370. The van der Waals surface area contributed by atoms with Crippen LogP contribution >= 0.6 is 0 Å². The summed E-state index contributed by atoms with van der Waals surface area (Å²) in [4.78, 5) is 0. The van der Waals surface area contributed by atoms with Crippen LogP contribution in [0.25, 0.3) is 11.9 Å². The summed E-state index contributed by atoms with van der Waals surface area (Å²) in [5.74, 6) is -0.544. The highest BCUT2D eigenvalue weighted by molar-refractivity contribution is 5.75. The number of aromatic nitrogens is 2. The first kappa shape index (κ1) is 22.8. The predicted molar refractivity (Wildman–Crippen MR) is 123 cm³/mol. The summed E-state index contributed by atoms with van der Waals surface area (Å²) in [6, 6.07) is 15.6. The van der Waals surface area contributed by atoms with E-state index in [2.05, 4.69) is 11.2 Å². The number of nitrogens with zero attached hydrogens (tertiary/aromatic N) is 2. The molecule has 2 fully saturated rings. The van der Waals surface area contributed by atoms with Gasteiger partial charge in [-0.05, 0) is 67.0 Å². The minimum Gasteiger partial charge on any atom is -0.395 e. The lowest BCUT2D eigenvalue weighted by atomic mass is 9.94. The summed E-state index contributed by atoms with van der Waals surface area (Å²) in [7, 11) is 0. The molecular formula is C27H26F4N2O. The van der Waals surface area contributed by atoms with Crippen molar-refractivity contribution < 1.29 is 22.7 Å². The van der Waals surface area contributed by atoms with E-state index in [0.717, 1.165) is 29.7 Å². The molecule has 0 spiro atoms. The number of aryl methyl sites for hydroxylation is 1. The molecule has 2 aromatic carbocycles. The number of benzene rings is 2. The first-order valence-corrected chi connectivity index (χ1v) is 11.5. The van der Waals surface area contributed by atoms with E-state index in [4.69, 9.17) is 0 Å². The Labute approximate surface area is 195 Å². The van der Waals surface area contributed by atoms with Gasteiger partial charge >= 0.3 is 6.18 Å². The van der Waals surface area contributed by atoms with Crippen LogP contribution in [0.3, 0.4) is 0 Å². The van der Waals surface area contributed by atoms with Gasteiger partial charge in [0.25, 0.3) is 0 Å². The van der Waals surface area contributed by atoms with Gasteiger partial charge in [0.1, 0.15) is 5.69 Å². The molecule has 1 aromatic heterocycles. The van der Waals surface area contributed by atoms with E-state index in [1.54, 1.807) is 10.7 Å². The maximum Gasteiger partial charge on any atom is 0.398 e. The van der Waals surface area contributed by atoms with Crippen molar-refractivity contribution in [2.24, 2.45) is 0 Å². The van der Waals surface area contributed by atoms with Crippen LogP contribution in [0, 0.1) is 6.92 Å². The fourth-order valence-corrected chi connectivity index (χ4v) is 4.63. The van der Waals surface area contributed by atoms with Crippen molar-refractivity contribution in [2.75, 3.05) is 6.61 Å². The first-order chi connectivity index (χ1) is 16.2. The molecule has 3 aromatic rings. The van der Waals surface area contributed by atoms with Crippen LogP contribution in [-0.2, 0) is 17.4 Å². The van der Waals surface area contributed by atoms with Gasteiger partial charge in [-0.15, -0.1) is 0 Å². The molecule has 0 saturated heterocycles. The Hall–Kier alpha value is -2.93. The molecule has 178 valence electrons. The Morgan fingerprint density at radius 2 is 1.74 bits per heavy atom. The number of aliphatic hydroxyl groups excluding tert-OH is 1. The molecule has 0 bridgehead atoms. The Kier molecular flexibility index (Phi) is 5.43. The van der Waals surface area contributed by atoms with Crippen molar-refractivity contribution in [3.8, 4) is 0 Å². The standard InChI is InChI=1S/C27H26F4N2O/c1-18-13-24(32-33(18)16-20-3-2-4-22(14-20)25(17-34)9-10-25)23(28)15-19-5-7-21(8-6-19)26(11-12-26)27(29,30)31/h2-8,13-15,34H,9-12,16-17H2,1H3/b23-15-. The summed E-state index contributed by atoms with van der Waals surface area (Å²) in [6.45, 7) is 2.46. The Morgan fingerprint density at radius 3 is 2.32 bits per heavy atom. The maximum absolute atomic E-state index is 14.9. The van der Waals surface area contributed by atoms with Crippen LogP contribution in [0.5, 0.6) is 0 Å². The molecule has 0 aliphatic heterocycles. The zero-order chi connectivity index (χ0) is 24.1.